The molecule has 30 heavy (non-hydrogen) atoms. The molecule has 1 unspecified atom stereocenters. The van der Waals surface area contributed by atoms with Crippen molar-refractivity contribution in [2.45, 2.75) is 31.3 Å². The van der Waals surface area contributed by atoms with Crippen LogP contribution in [-0.2, 0) is 11.3 Å². The van der Waals surface area contributed by atoms with Gasteiger partial charge in [-0.3, -0.25) is 0 Å². The van der Waals surface area contributed by atoms with Gasteiger partial charge in [-0.2, -0.15) is 0 Å². The van der Waals surface area contributed by atoms with Gasteiger partial charge in [0.05, 0.1) is 6.61 Å². The lowest BCUT2D eigenvalue weighted by atomic mass is 10.0. The number of hydrogen-bond donors (Lipinski definition) is 1. The maximum atomic E-state index is 10.5. The number of ether oxygens (including phenoxy) is 3. The van der Waals surface area contributed by atoms with E-state index >= 15 is 0 Å². The predicted octanol–water partition coefficient (Wildman–Crippen LogP) is 3.98. The van der Waals surface area contributed by atoms with E-state index in [2.05, 4.69) is 17.0 Å². The molecule has 2 heterocycles. The molecule has 0 aromatic heterocycles. The van der Waals surface area contributed by atoms with Crippen molar-refractivity contribution in [2.75, 3.05) is 26.2 Å². The van der Waals surface area contributed by atoms with Gasteiger partial charge in [0, 0.05) is 43.4 Å². The van der Waals surface area contributed by atoms with E-state index in [0.717, 1.165) is 53.8 Å². The molecule has 3 aromatic rings. The maximum absolute atomic E-state index is 10.5. The van der Waals surface area contributed by atoms with Crippen LogP contribution in [0.25, 0.3) is 10.8 Å². The van der Waals surface area contributed by atoms with Crippen molar-refractivity contribution in [3.63, 3.8) is 0 Å². The molecular weight excluding hydrogens is 378 g/mol. The normalized spacial score (nSPS) is 19.2. The molecule has 1 saturated heterocycles. The fraction of sp³-hybridized carbons (Fsp3) is 0.360. The quantitative estimate of drug-likeness (QED) is 0.696. The number of nitrogens with zero attached hydrogens (tertiary/aromatic N) is 1. The maximum Gasteiger partial charge on any atom is 0.213 e. The van der Waals surface area contributed by atoms with Gasteiger partial charge >= 0.3 is 0 Å². The second-order valence-electron chi connectivity index (χ2n) is 8.15. The monoisotopic (exact) mass is 405 g/mol. The summed E-state index contributed by atoms with van der Waals surface area (Å²) >= 11 is 0. The molecule has 2 aliphatic heterocycles. The van der Waals surface area contributed by atoms with Gasteiger partial charge in [0.25, 0.3) is 0 Å². The average Bonchev–Trinajstić information content (AvgIpc) is 2.79. The average molecular weight is 405 g/mol. The van der Waals surface area contributed by atoms with Gasteiger partial charge in [0.2, 0.25) is 5.79 Å². The lowest BCUT2D eigenvalue weighted by Gasteiger charge is -2.44. The summed E-state index contributed by atoms with van der Waals surface area (Å²) in [5.74, 6) is 1.21. The van der Waals surface area contributed by atoms with E-state index in [1.54, 1.807) is 0 Å². The van der Waals surface area contributed by atoms with E-state index in [0.29, 0.717) is 13.2 Å². The first-order chi connectivity index (χ1) is 14.7. The predicted molar refractivity (Wildman–Crippen MR) is 116 cm³/mol. The van der Waals surface area contributed by atoms with Gasteiger partial charge < -0.3 is 24.2 Å². The van der Waals surface area contributed by atoms with E-state index in [4.69, 9.17) is 14.2 Å². The zero-order valence-corrected chi connectivity index (χ0v) is 17.0. The summed E-state index contributed by atoms with van der Waals surface area (Å²) in [6, 6.07) is 22.2. The van der Waals surface area contributed by atoms with Crippen LogP contribution < -0.4 is 9.47 Å². The molecule has 0 saturated carbocycles. The Labute approximate surface area is 176 Å². The van der Waals surface area contributed by atoms with Crippen LogP contribution in [-0.4, -0.2) is 48.1 Å². The molecule has 5 rings (SSSR count). The number of benzene rings is 3. The van der Waals surface area contributed by atoms with Crippen molar-refractivity contribution in [3.05, 3.63) is 72.3 Å². The van der Waals surface area contributed by atoms with Crippen LogP contribution in [0.4, 0.5) is 0 Å². The topological polar surface area (TPSA) is 51.2 Å². The number of fused-ring (bicyclic) bond motifs is 2. The Morgan fingerprint density at radius 2 is 1.73 bits per heavy atom. The SMILES string of the molecule is OC(COc1cccc2ccccc12)CN1CCC2(CC1)OCc1ccccc1O2. The van der Waals surface area contributed by atoms with Crippen LogP contribution in [0.15, 0.2) is 66.7 Å². The third-order valence-electron chi connectivity index (χ3n) is 6.03. The molecule has 1 atom stereocenters. The highest BCUT2D eigenvalue weighted by Crippen LogP contribution is 2.37. The Balaban J connectivity index is 1.13. The summed E-state index contributed by atoms with van der Waals surface area (Å²) in [4.78, 5) is 2.26. The van der Waals surface area contributed by atoms with Crippen molar-refractivity contribution < 1.29 is 19.3 Å². The van der Waals surface area contributed by atoms with Crippen LogP contribution in [0.5, 0.6) is 11.5 Å². The van der Waals surface area contributed by atoms with E-state index in [1.165, 1.54) is 0 Å². The summed E-state index contributed by atoms with van der Waals surface area (Å²) in [5.41, 5.74) is 1.10. The van der Waals surface area contributed by atoms with Crippen LogP contribution in [0.1, 0.15) is 18.4 Å². The molecule has 0 amide bonds. The minimum atomic E-state index is -0.549. The second kappa shape index (κ2) is 8.26. The van der Waals surface area contributed by atoms with Gasteiger partial charge in [0.1, 0.15) is 24.2 Å². The molecule has 0 bridgehead atoms. The van der Waals surface area contributed by atoms with Crippen molar-refractivity contribution in [2.24, 2.45) is 0 Å². The first-order valence-electron chi connectivity index (χ1n) is 10.6. The molecule has 5 heteroatoms. The highest BCUT2D eigenvalue weighted by molar-refractivity contribution is 5.88. The molecule has 0 aliphatic carbocycles. The summed E-state index contributed by atoms with van der Waals surface area (Å²) < 4.78 is 18.3. The van der Waals surface area contributed by atoms with Crippen molar-refractivity contribution in [1.82, 2.24) is 4.90 Å². The molecule has 156 valence electrons. The molecular formula is C25H27NO4. The van der Waals surface area contributed by atoms with Crippen LogP contribution in [0, 0.1) is 0 Å². The third-order valence-corrected chi connectivity index (χ3v) is 6.03. The van der Waals surface area contributed by atoms with E-state index < -0.39 is 11.9 Å². The Morgan fingerprint density at radius 1 is 0.967 bits per heavy atom. The first-order valence-corrected chi connectivity index (χ1v) is 10.6. The summed E-state index contributed by atoms with van der Waals surface area (Å²) in [6.45, 7) is 3.10. The number of likely N-dealkylation sites (tertiary alicyclic amines) is 1. The van der Waals surface area contributed by atoms with Crippen LogP contribution in [0.2, 0.25) is 0 Å². The van der Waals surface area contributed by atoms with Crippen LogP contribution in [0.3, 0.4) is 0 Å². The number of rotatable bonds is 5. The van der Waals surface area contributed by atoms with Crippen LogP contribution >= 0.6 is 0 Å². The second-order valence-corrected chi connectivity index (χ2v) is 8.15. The van der Waals surface area contributed by atoms with E-state index in [-0.39, 0.29) is 6.61 Å². The zero-order valence-electron chi connectivity index (χ0n) is 17.0. The Bertz CT molecular complexity index is 1010. The van der Waals surface area contributed by atoms with Gasteiger partial charge in [-0.15, -0.1) is 0 Å². The van der Waals surface area contributed by atoms with Gasteiger partial charge in [-0.05, 0) is 17.5 Å². The molecule has 3 aromatic carbocycles. The molecule has 5 nitrogen and oxygen atoms in total. The van der Waals surface area contributed by atoms with E-state index in [9.17, 15) is 5.11 Å². The smallest absolute Gasteiger partial charge is 0.213 e. The fourth-order valence-corrected chi connectivity index (χ4v) is 4.34. The molecule has 1 fully saturated rings. The summed E-state index contributed by atoms with van der Waals surface area (Å²) in [7, 11) is 0. The highest BCUT2D eigenvalue weighted by Gasteiger charge is 2.41. The zero-order chi connectivity index (χ0) is 20.4. The highest BCUT2D eigenvalue weighted by atomic mass is 16.7. The summed E-state index contributed by atoms with van der Waals surface area (Å²) in [6.07, 6.45) is 1.03. The van der Waals surface area contributed by atoms with E-state index in [1.807, 2.05) is 54.6 Å². The number of β-amino-alcohol motifs (C(OH)–C–C–N with tert-alkyl or cyclic N) is 1. The number of hydrogen-bond acceptors (Lipinski definition) is 5. The number of piperidine rings is 1. The van der Waals surface area contributed by atoms with Crippen molar-refractivity contribution in [1.29, 1.82) is 0 Å². The standard InChI is InChI=1S/C25H27NO4/c27-21(18-28-24-11-5-8-19-6-1-3-9-22(19)24)16-26-14-12-25(13-15-26)29-17-20-7-2-4-10-23(20)30-25/h1-11,21,27H,12-18H2. The molecule has 2 aliphatic rings. The molecule has 1 spiro atoms. The number of aliphatic hydroxyl groups excluding tert-OH is 1. The largest absolute Gasteiger partial charge is 0.490 e. The lowest BCUT2D eigenvalue weighted by Crippen LogP contribution is -2.52. The molecule has 0 radical (unpaired) electrons. The minimum absolute atomic E-state index is 0.274. The number of para-hydroxylation sites is 1. The Hall–Kier alpha value is -2.60. The van der Waals surface area contributed by atoms with Gasteiger partial charge in [-0.1, -0.05) is 54.6 Å². The number of aliphatic hydroxyl groups is 1. The summed E-state index contributed by atoms with van der Waals surface area (Å²) in [5, 5.41) is 12.7. The Morgan fingerprint density at radius 3 is 2.63 bits per heavy atom. The van der Waals surface area contributed by atoms with Crippen molar-refractivity contribution in [3.8, 4) is 11.5 Å². The third kappa shape index (κ3) is 4.01. The van der Waals surface area contributed by atoms with Gasteiger partial charge in [0.15, 0.2) is 0 Å². The molecule has 1 N–H and O–H groups in total. The Kier molecular flexibility index (Phi) is 5.34. The fourth-order valence-electron chi connectivity index (χ4n) is 4.34. The van der Waals surface area contributed by atoms with Crippen molar-refractivity contribution >= 4 is 10.8 Å². The first kappa shape index (κ1) is 19.4. The van der Waals surface area contributed by atoms with Gasteiger partial charge in [-0.25, -0.2) is 0 Å². The lowest BCUT2D eigenvalue weighted by molar-refractivity contribution is -0.229. The minimum Gasteiger partial charge on any atom is -0.490 e.